The number of nitrogens with zero attached hydrogens (tertiary/aromatic N) is 1. The zero-order chi connectivity index (χ0) is 22.5. The van der Waals surface area contributed by atoms with E-state index in [1.807, 2.05) is 12.1 Å². The van der Waals surface area contributed by atoms with E-state index in [0.717, 1.165) is 5.56 Å². The van der Waals surface area contributed by atoms with Crippen LogP contribution in [0.5, 0.6) is 0 Å². The van der Waals surface area contributed by atoms with Gasteiger partial charge in [-0.3, -0.25) is 19.2 Å². The molecule has 4 aromatic rings. The topological polar surface area (TPSA) is 113 Å². The van der Waals surface area contributed by atoms with Crippen molar-refractivity contribution in [3.63, 3.8) is 0 Å². The Morgan fingerprint density at radius 2 is 1.66 bits per heavy atom. The maximum atomic E-state index is 12.5. The van der Waals surface area contributed by atoms with Gasteiger partial charge in [0.1, 0.15) is 5.56 Å². The van der Waals surface area contributed by atoms with Crippen LogP contribution in [-0.2, 0) is 11.3 Å². The van der Waals surface area contributed by atoms with E-state index in [1.54, 1.807) is 59.3 Å². The molecule has 0 fully saturated rings. The first-order chi connectivity index (χ1) is 15.5. The number of benzene rings is 2. The molecule has 0 unspecified atom stereocenters. The third kappa shape index (κ3) is 4.65. The Morgan fingerprint density at radius 3 is 2.44 bits per heavy atom. The third-order valence-corrected chi connectivity index (χ3v) is 4.93. The Balaban J connectivity index is 1.34. The molecule has 4 rings (SSSR count). The second-order valence-corrected chi connectivity index (χ2v) is 7.17. The summed E-state index contributed by atoms with van der Waals surface area (Å²) in [5, 5.41) is 5.56. The number of fused-ring (bicyclic) bond motifs is 1. The summed E-state index contributed by atoms with van der Waals surface area (Å²) in [6, 6.07) is 18.9. The fourth-order valence-electron chi connectivity index (χ4n) is 3.28. The number of aromatic amines is 1. The molecule has 3 N–H and O–H groups in total. The first-order valence-corrected chi connectivity index (χ1v) is 9.94. The van der Waals surface area contributed by atoms with E-state index >= 15 is 0 Å². The first-order valence-electron chi connectivity index (χ1n) is 9.94. The highest BCUT2D eigenvalue weighted by Gasteiger charge is 2.14. The maximum Gasteiger partial charge on any atom is 0.257 e. The van der Waals surface area contributed by atoms with Crippen LogP contribution in [0.25, 0.3) is 10.9 Å². The van der Waals surface area contributed by atoms with Crippen molar-refractivity contribution in [1.29, 1.82) is 0 Å². The average Bonchev–Trinajstić information content (AvgIpc) is 2.81. The van der Waals surface area contributed by atoms with Gasteiger partial charge in [0, 0.05) is 35.1 Å². The van der Waals surface area contributed by atoms with Gasteiger partial charge in [-0.15, -0.1) is 0 Å². The number of carbonyl (C=O) groups is 2. The number of aromatic nitrogens is 2. The molecule has 8 nitrogen and oxygen atoms in total. The fourth-order valence-corrected chi connectivity index (χ4v) is 3.28. The third-order valence-electron chi connectivity index (χ3n) is 4.93. The van der Waals surface area contributed by atoms with Gasteiger partial charge in [0.15, 0.2) is 0 Å². The Morgan fingerprint density at radius 1 is 0.906 bits per heavy atom. The van der Waals surface area contributed by atoms with Crippen molar-refractivity contribution < 1.29 is 9.59 Å². The van der Waals surface area contributed by atoms with Gasteiger partial charge >= 0.3 is 0 Å². The smallest absolute Gasteiger partial charge is 0.257 e. The second kappa shape index (κ2) is 9.13. The van der Waals surface area contributed by atoms with Gasteiger partial charge in [-0.05, 0) is 35.9 Å². The lowest BCUT2D eigenvalue weighted by atomic mass is 10.1. The predicted molar refractivity (Wildman–Crippen MR) is 122 cm³/mol. The molecule has 2 heterocycles. The Labute approximate surface area is 182 Å². The molecule has 0 bridgehead atoms. The van der Waals surface area contributed by atoms with Gasteiger partial charge in [0.25, 0.3) is 11.5 Å². The van der Waals surface area contributed by atoms with Gasteiger partial charge in [-0.25, -0.2) is 0 Å². The van der Waals surface area contributed by atoms with Crippen LogP contribution in [0.15, 0.2) is 88.7 Å². The molecular formula is C24H20N4O4. The molecule has 0 aliphatic carbocycles. The van der Waals surface area contributed by atoms with Crippen LogP contribution in [0.3, 0.4) is 0 Å². The quantitative estimate of drug-likeness (QED) is 0.436. The monoisotopic (exact) mass is 428 g/mol. The molecule has 0 atom stereocenters. The van der Waals surface area contributed by atoms with Crippen molar-refractivity contribution in [2.45, 2.75) is 6.54 Å². The number of rotatable bonds is 6. The van der Waals surface area contributed by atoms with Crippen molar-refractivity contribution in [3.8, 4) is 0 Å². The van der Waals surface area contributed by atoms with Crippen LogP contribution >= 0.6 is 0 Å². The van der Waals surface area contributed by atoms with Crippen molar-refractivity contribution in [2.24, 2.45) is 0 Å². The first kappa shape index (κ1) is 20.8. The molecular weight excluding hydrogens is 408 g/mol. The van der Waals surface area contributed by atoms with Crippen molar-refractivity contribution in [2.75, 3.05) is 11.9 Å². The van der Waals surface area contributed by atoms with Gasteiger partial charge in [0.05, 0.1) is 13.1 Å². The maximum absolute atomic E-state index is 12.5. The zero-order valence-corrected chi connectivity index (χ0v) is 17.0. The van der Waals surface area contributed by atoms with E-state index in [0.29, 0.717) is 23.1 Å². The zero-order valence-electron chi connectivity index (χ0n) is 17.0. The van der Waals surface area contributed by atoms with E-state index in [2.05, 4.69) is 15.6 Å². The lowest BCUT2D eigenvalue weighted by Gasteiger charge is -2.09. The van der Waals surface area contributed by atoms with Crippen LogP contribution in [0.2, 0.25) is 0 Å². The van der Waals surface area contributed by atoms with E-state index in [1.165, 1.54) is 12.3 Å². The molecule has 0 spiro atoms. The average molecular weight is 428 g/mol. The Hall–Kier alpha value is -4.46. The van der Waals surface area contributed by atoms with Crippen LogP contribution in [0, 0.1) is 0 Å². The number of carbonyl (C=O) groups excluding carboxylic acids is 2. The number of hydrogen-bond donors (Lipinski definition) is 3. The molecule has 2 aromatic carbocycles. The van der Waals surface area contributed by atoms with Crippen LogP contribution in [-0.4, -0.2) is 27.9 Å². The van der Waals surface area contributed by atoms with Gasteiger partial charge < -0.3 is 20.2 Å². The highest BCUT2D eigenvalue weighted by Crippen LogP contribution is 2.10. The number of pyridine rings is 2. The summed E-state index contributed by atoms with van der Waals surface area (Å²) >= 11 is 0. The summed E-state index contributed by atoms with van der Waals surface area (Å²) in [6.45, 7) is 0.135. The highest BCUT2D eigenvalue weighted by molar-refractivity contribution is 6.00. The van der Waals surface area contributed by atoms with Crippen molar-refractivity contribution in [1.82, 2.24) is 14.9 Å². The summed E-state index contributed by atoms with van der Waals surface area (Å²) in [7, 11) is 0. The molecule has 2 amide bonds. The number of amides is 2. The Kier molecular flexibility index (Phi) is 5.94. The minimum Gasteiger partial charge on any atom is -0.360 e. The molecule has 0 aliphatic rings. The second-order valence-electron chi connectivity index (χ2n) is 7.17. The molecule has 32 heavy (non-hydrogen) atoms. The lowest BCUT2D eigenvalue weighted by molar-refractivity contribution is -0.115. The van der Waals surface area contributed by atoms with Gasteiger partial charge in [-0.1, -0.05) is 30.3 Å². The van der Waals surface area contributed by atoms with E-state index in [9.17, 15) is 19.2 Å². The number of hydrogen-bond acceptors (Lipinski definition) is 4. The van der Waals surface area contributed by atoms with Gasteiger partial charge in [-0.2, -0.15) is 0 Å². The van der Waals surface area contributed by atoms with E-state index in [-0.39, 0.29) is 17.7 Å². The van der Waals surface area contributed by atoms with Crippen molar-refractivity contribution >= 4 is 28.4 Å². The fraction of sp³-hybridized carbons (Fsp3) is 0.0833. The summed E-state index contributed by atoms with van der Waals surface area (Å²) in [6.07, 6.45) is 3.05. The highest BCUT2D eigenvalue weighted by atomic mass is 16.2. The van der Waals surface area contributed by atoms with Crippen LogP contribution in [0.1, 0.15) is 15.9 Å². The normalized spacial score (nSPS) is 10.6. The lowest BCUT2D eigenvalue weighted by Crippen LogP contribution is -2.35. The Bertz CT molecular complexity index is 1400. The van der Waals surface area contributed by atoms with Crippen LogP contribution in [0.4, 0.5) is 5.69 Å². The summed E-state index contributed by atoms with van der Waals surface area (Å²) in [5.41, 5.74) is 1.54. The largest absolute Gasteiger partial charge is 0.360 e. The summed E-state index contributed by atoms with van der Waals surface area (Å²) in [4.78, 5) is 51.8. The number of anilines is 1. The van der Waals surface area contributed by atoms with E-state index < -0.39 is 17.2 Å². The predicted octanol–water partition coefficient (Wildman–Crippen LogP) is 2.11. The SMILES string of the molecule is O=C(CNC(=O)c1c[nH]c2ccccc2c1=O)Nc1ccc(Cn2ccccc2=O)cc1. The van der Waals surface area contributed by atoms with Gasteiger partial charge in [0.2, 0.25) is 11.3 Å². The summed E-state index contributed by atoms with van der Waals surface area (Å²) < 4.78 is 1.58. The number of H-pyrrole nitrogens is 1. The molecule has 2 aromatic heterocycles. The molecule has 0 saturated heterocycles. The minimum atomic E-state index is -0.629. The molecule has 160 valence electrons. The number of para-hydroxylation sites is 1. The van der Waals surface area contributed by atoms with E-state index in [4.69, 9.17) is 0 Å². The molecule has 0 aliphatic heterocycles. The summed E-state index contributed by atoms with van der Waals surface area (Å²) in [5.74, 6) is -1.06. The minimum absolute atomic E-state index is 0.0583. The molecule has 8 heteroatoms. The molecule has 0 saturated carbocycles. The number of nitrogens with one attached hydrogen (secondary N) is 3. The van der Waals surface area contributed by atoms with Crippen molar-refractivity contribution in [3.05, 3.63) is 111 Å². The standard InChI is InChI=1S/C24H20N4O4/c29-21(14-26-24(32)19-13-25-20-6-2-1-5-18(20)23(19)31)27-17-10-8-16(9-11-17)15-28-12-4-3-7-22(28)30/h1-13H,14-15H2,(H,25,31)(H,26,32)(H,27,29). The molecule has 0 radical (unpaired) electrons. The van der Waals surface area contributed by atoms with Crippen LogP contribution < -0.4 is 21.6 Å².